The number of nitrogens with one attached hydrogen (secondary N) is 1. The predicted octanol–water partition coefficient (Wildman–Crippen LogP) is 1.11. The molecule has 1 unspecified atom stereocenters. The van der Waals surface area contributed by atoms with E-state index in [-0.39, 0.29) is 0 Å². The van der Waals surface area contributed by atoms with Gasteiger partial charge in [0, 0.05) is 12.8 Å². The summed E-state index contributed by atoms with van der Waals surface area (Å²) in [4.78, 5) is 15.9. The average molecular weight is 292 g/mol. The van der Waals surface area contributed by atoms with E-state index in [1.807, 2.05) is 30.3 Å². The van der Waals surface area contributed by atoms with Gasteiger partial charge >= 0.3 is 5.97 Å². The number of rotatable bonds is 6. The lowest BCUT2D eigenvalue weighted by atomic mass is 9.92. The minimum atomic E-state index is -1.15. The average Bonchev–Trinajstić information content (AvgIpc) is 2.86. The summed E-state index contributed by atoms with van der Waals surface area (Å²) in [5.41, 5.74) is -0.442. The molecule has 0 aliphatic rings. The topological polar surface area (TPSA) is 80.0 Å². The molecule has 1 aromatic heterocycles. The lowest BCUT2D eigenvalue weighted by Crippen LogP contribution is -2.49. The highest BCUT2D eigenvalue weighted by molar-refractivity contribution is 7.99. The summed E-state index contributed by atoms with van der Waals surface area (Å²) < 4.78 is 1.62. The molecular formula is C13H16N4O2S. The molecule has 0 radical (unpaired) electrons. The fraction of sp³-hybridized carbons (Fsp3) is 0.308. The Morgan fingerprint density at radius 1 is 1.45 bits per heavy atom. The first-order chi connectivity index (χ1) is 9.60. The standard InChI is InChI=1S/C13H16N4O2S/c1-14-13(11(18)19,10-6-4-3-5-7-10)8-20-12-15-9-16-17(12)2/h3-7,9,14H,8H2,1-2H3,(H,18,19). The number of carbonyl (C=O) groups is 1. The van der Waals surface area contributed by atoms with Gasteiger partial charge in [0.05, 0.1) is 0 Å². The monoisotopic (exact) mass is 292 g/mol. The van der Waals surface area contributed by atoms with Gasteiger partial charge in [-0.1, -0.05) is 42.1 Å². The molecule has 1 heterocycles. The van der Waals surface area contributed by atoms with Gasteiger partial charge in [-0.15, -0.1) is 0 Å². The first-order valence-electron chi connectivity index (χ1n) is 6.05. The summed E-state index contributed by atoms with van der Waals surface area (Å²) in [6.45, 7) is 0. The highest BCUT2D eigenvalue weighted by Gasteiger charge is 2.39. The number of benzene rings is 1. The van der Waals surface area contributed by atoms with Gasteiger partial charge in [-0.05, 0) is 12.6 Å². The van der Waals surface area contributed by atoms with Crippen molar-refractivity contribution in [2.75, 3.05) is 12.8 Å². The van der Waals surface area contributed by atoms with E-state index in [1.54, 1.807) is 18.8 Å². The van der Waals surface area contributed by atoms with Crippen LogP contribution in [0.2, 0.25) is 0 Å². The molecule has 106 valence electrons. The van der Waals surface area contributed by atoms with Crippen molar-refractivity contribution in [2.24, 2.45) is 7.05 Å². The fourth-order valence-electron chi connectivity index (χ4n) is 1.90. The Morgan fingerprint density at radius 2 is 2.15 bits per heavy atom. The number of carboxylic acid groups (broad SMARTS) is 1. The van der Waals surface area contributed by atoms with Gasteiger partial charge in [0.25, 0.3) is 0 Å². The Balaban J connectivity index is 2.29. The van der Waals surface area contributed by atoms with Gasteiger partial charge in [-0.25, -0.2) is 14.5 Å². The first kappa shape index (κ1) is 14.5. The van der Waals surface area contributed by atoms with Gasteiger partial charge < -0.3 is 10.4 Å². The first-order valence-corrected chi connectivity index (χ1v) is 7.03. The lowest BCUT2D eigenvalue weighted by molar-refractivity contribution is -0.144. The van der Waals surface area contributed by atoms with E-state index in [0.717, 1.165) is 0 Å². The quantitative estimate of drug-likeness (QED) is 0.776. The van der Waals surface area contributed by atoms with Crippen LogP contribution < -0.4 is 5.32 Å². The van der Waals surface area contributed by atoms with E-state index in [0.29, 0.717) is 16.5 Å². The van der Waals surface area contributed by atoms with Crippen LogP contribution in [0.5, 0.6) is 0 Å². The fourth-order valence-corrected chi connectivity index (χ4v) is 3.04. The highest BCUT2D eigenvalue weighted by Crippen LogP contribution is 2.28. The normalized spacial score (nSPS) is 13.9. The Labute approximate surface area is 121 Å². The van der Waals surface area contributed by atoms with Crippen molar-refractivity contribution in [1.82, 2.24) is 20.1 Å². The minimum absolute atomic E-state index is 0.315. The molecule has 0 aliphatic carbocycles. The van der Waals surface area contributed by atoms with Crippen molar-refractivity contribution in [3.63, 3.8) is 0 Å². The molecule has 0 aliphatic heterocycles. The molecule has 1 aromatic carbocycles. The molecule has 2 aromatic rings. The van der Waals surface area contributed by atoms with Crippen LogP contribution in [0.25, 0.3) is 0 Å². The van der Waals surface area contributed by atoms with Crippen molar-refractivity contribution in [1.29, 1.82) is 0 Å². The van der Waals surface area contributed by atoms with Crippen LogP contribution in [0.15, 0.2) is 41.8 Å². The number of carboxylic acids is 1. The number of thioether (sulfide) groups is 1. The summed E-state index contributed by atoms with van der Waals surface area (Å²) in [5, 5.41) is 17.3. The molecule has 2 N–H and O–H groups in total. The third-order valence-electron chi connectivity index (χ3n) is 3.15. The number of aromatic nitrogens is 3. The van der Waals surface area contributed by atoms with Gasteiger partial charge in [0.2, 0.25) is 0 Å². The van der Waals surface area contributed by atoms with Crippen LogP contribution in [0.3, 0.4) is 0 Å². The van der Waals surface area contributed by atoms with E-state index in [2.05, 4.69) is 15.4 Å². The molecule has 7 heteroatoms. The Morgan fingerprint density at radius 3 is 2.65 bits per heavy atom. The maximum atomic E-state index is 11.8. The number of nitrogens with zero attached hydrogens (tertiary/aromatic N) is 3. The minimum Gasteiger partial charge on any atom is -0.480 e. The van der Waals surface area contributed by atoms with Crippen LogP contribution in [-0.4, -0.2) is 38.6 Å². The molecule has 0 fully saturated rings. The molecular weight excluding hydrogens is 276 g/mol. The Bertz CT molecular complexity index is 587. The number of hydrogen-bond acceptors (Lipinski definition) is 5. The molecule has 0 amide bonds. The zero-order valence-corrected chi connectivity index (χ0v) is 12.1. The second-order valence-corrected chi connectivity index (χ2v) is 5.22. The van der Waals surface area contributed by atoms with E-state index in [4.69, 9.17) is 0 Å². The van der Waals surface area contributed by atoms with Gasteiger partial charge in [0.1, 0.15) is 6.33 Å². The molecule has 0 bridgehead atoms. The van der Waals surface area contributed by atoms with E-state index in [1.165, 1.54) is 18.1 Å². The number of aliphatic carboxylic acids is 1. The molecule has 6 nitrogen and oxygen atoms in total. The van der Waals surface area contributed by atoms with Crippen molar-refractivity contribution in [2.45, 2.75) is 10.7 Å². The van der Waals surface area contributed by atoms with Crippen LogP contribution in [0.1, 0.15) is 5.56 Å². The van der Waals surface area contributed by atoms with E-state index in [9.17, 15) is 9.90 Å². The summed E-state index contributed by atoms with van der Waals surface area (Å²) in [5.74, 6) is -0.601. The van der Waals surface area contributed by atoms with Gasteiger partial charge in [-0.2, -0.15) is 5.10 Å². The van der Waals surface area contributed by atoms with Gasteiger partial charge in [0.15, 0.2) is 10.7 Å². The molecule has 0 saturated carbocycles. The summed E-state index contributed by atoms with van der Waals surface area (Å²) in [7, 11) is 3.43. The molecule has 2 rings (SSSR count). The lowest BCUT2D eigenvalue weighted by Gasteiger charge is -2.29. The number of aryl methyl sites for hydroxylation is 1. The third-order valence-corrected chi connectivity index (χ3v) is 4.35. The van der Waals surface area contributed by atoms with E-state index < -0.39 is 11.5 Å². The highest BCUT2D eigenvalue weighted by atomic mass is 32.2. The second kappa shape index (κ2) is 6.06. The third kappa shape index (κ3) is 2.68. The Kier molecular flexibility index (Phi) is 4.41. The van der Waals surface area contributed by atoms with Crippen molar-refractivity contribution in [3.05, 3.63) is 42.2 Å². The van der Waals surface area contributed by atoms with Crippen LogP contribution in [0.4, 0.5) is 0 Å². The van der Waals surface area contributed by atoms with Crippen LogP contribution in [0, 0.1) is 0 Å². The number of likely N-dealkylation sites (N-methyl/N-ethyl adjacent to an activating group) is 1. The maximum absolute atomic E-state index is 11.8. The maximum Gasteiger partial charge on any atom is 0.329 e. The molecule has 0 saturated heterocycles. The summed E-state index contributed by atoms with van der Waals surface area (Å²) in [6, 6.07) is 9.14. The zero-order valence-electron chi connectivity index (χ0n) is 11.3. The van der Waals surface area contributed by atoms with Gasteiger partial charge in [-0.3, -0.25) is 0 Å². The van der Waals surface area contributed by atoms with Crippen molar-refractivity contribution in [3.8, 4) is 0 Å². The molecule has 0 spiro atoms. The van der Waals surface area contributed by atoms with Crippen molar-refractivity contribution >= 4 is 17.7 Å². The smallest absolute Gasteiger partial charge is 0.329 e. The van der Waals surface area contributed by atoms with Crippen molar-refractivity contribution < 1.29 is 9.90 Å². The summed E-state index contributed by atoms with van der Waals surface area (Å²) in [6.07, 6.45) is 1.45. The predicted molar refractivity (Wildman–Crippen MR) is 76.5 cm³/mol. The molecule has 20 heavy (non-hydrogen) atoms. The molecule has 1 atom stereocenters. The van der Waals surface area contributed by atoms with E-state index >= 15 is 0 Å². The van der Waals surface area contributed by atoms with Crippen LogP contribution >= 0.6 is 11.8 Å². The Hall–Kier alpha value is -1.86. The largest absolute Gasteiger partial charge is 0.480 e. The SMILES string of the molecule is CNC(CSc1ncnn1C)(C(=O)O)c1ccccc1. The zero-order chi connectivity index (χ0) is 14.6. The van der Waals surface area contributed by atoms with Crippen LogP contribution in [-0.2, 0) is 17.4 Å². The second-order valence-electron chi connectivity index (χ2n) is 4.28. The number of hydrogen-bond donors (Lipinski definition) is 2. The summed E-state index contributed by atoms with van der Waals surface area (Å²) >= 11 is 1.35.